The Labute approximate surface area is 103 Å². The van der Waals surface area contributed by atoms with Gasteiger partial charge in [0.2, 0.25) is 5.91 Å². The largest absolute Gasteiger partial charge is 0.354 e. The fraction of sp³-hybridized carbons (Fsp3) is 0.917. The second-order valence-electron chi connectivity index (χ2n) is 5.29. The average molecular weight is 244 g/mol. The minimum absolute atomic E-state index is 0.126. The summed E-state index contributed by atoms with van der Waals surface area (Å²) in [7, 11) is 0. The van der Waals surface area contributed by atoms with E-state index in [1.54, 1.807) is 11.8 Å². The Balaban J connectivity index is 2.30. The topological polar surface area (TPSA) is 55.1 Å². The van der Waals surface area contributed by atoms with Crippen LogP contribution in [0.25, 0.3) is 0 Å². The van der Waals surface area contributed by atoms with Crippen molar-refractivity contribution >= 4 is 17.7 Å². The summed E-state index contributed by atoms with van der Waals surface area (Å²) in [5.41, 5.74) is 5.83. The maximum Gasteiger partial charge on any atom is 0.223 e. The molecule has 3 N–H and O–H groups in total. The summed E-state index contributed by atoms with van der Waals surface area (Å²) in [5.74, 6) is 0.409. The molecule has 0 aliphatic heterocycles. The van der Waals surface area contributed by atoms with Gasteiger partial charge in [-0.1, -0.05) is 0 Å². The summed E-state index contributed by atoms with van der Waals surface area (Å²) in [6.07, 6.45) is 5.96. The lowest BCUT2D eigenvalue weighted by Gasteiger charge is -2.27. The van der Waals surface area contributed by atoms with Crippen LogP contribution in [0.2, 0.25) is 0 Å². The molecule has 1 aliphatic carbocycles. The van der Waals surface area contributed by atoms with Crippen LogP contribution in [0, 0.1) is 5.92 Å². The third-order valence-corrected chi connectivity index (χ3v) is 4.63. The van der Waals surface area contributed by atoms with Crippen molar-refractivity contribution in [3.05, 3.63) is 0 Å². The van der Waals surface area contributed by atoms with Crippen molar-refractivity contribution in [3.8, 4) is 0 Å². The number of hydrogen-bond donors (Lipinski definition) is 2. The monoisotopic (exact) mass is 244 g/mol. The molecule has 0 aromatic carbocycles. The zero-order valence-corrected chi connectivity index (χ0v) is 11.4. The number of hydrogen-bond acceptors (Lipinski definition) is 3. The van der Waals surface area contributed by atoms with E-state index in [4.69, 9.17) is 5.73 Å². The maximum absolute atomic E-state index is 11.9. The Morgan fingerprint density at radius 2 is 1.94 bits per heavy atom. The number of amides is 1. The smallest absolute Gasteiger partial charge is 0.223 e. The van der Waals surface area contributed by atoms with Crippen LogP contribution in [-0.4, -0.2) is 29.5 Å². The van der Waals surface area contributed by atoms with Crippen LogP contribution in [0.15, 0.2) is 0 Å². The molecule has 1 rings (SSSR count). The molecular formula is C12H24N2OS. The molecule has 0 radical (unpaired) electrons. The van der Waals surface area contributed by atoms with Gasteiger partial charge in [-0.15, -0.1) is 0 Å². The van der Waals surface area contributed by atoms with Gasteiger partial charge in [-0.3, -0.25) is 4.79 Å². The third kappa shape index (κ3) is 4.34. The molecule has 1 aliphatic rings. The molecule has 3 nitrogen and oxygen atoms in total. The zero-order chi connectivity index (χ0) is 12.2. The molecule has 0 aromatic rings. The highest BCUT2D eigenvalue weighted by molar-refractivity contribution is 7.99. The fourth-order valence-electron chi connectivity index (χ4n) is 1.90. The minimum Gasteiger partial charge on any atom is -0.354 e. The molecule has 16 heavy (non-hydrogen) atoms. The van der Waals surface area contributed by atoms with Crippen LogP contribution in [0.5, 0.6) is 0 Å². The molecule has 0 unspecified atom stereocenters. The van der Waals surface area contributed by atoms with Gasteiger partial charge in [0.15, 0.2) is 0 Å². The van der Waals surface area contributed by atoms with Gasteiger partial charge in [-0.2, -0.15) is 11.8 Å². The van der Waals surface area contributed by atoms with Crippen LogP contribution in [0.3, 0.4) is 0 Å². The van der Waals surface area contributed by atoms with Gasteiger partial charge in [0.25, 0.3) is 0 Å². The van der Waals surface area contributed by atoms with E-state index in [9.17, 15) is 4.79 Å². The Morgan fingerprint density at radius 1 is 1.38 bits per heavy atom. The Bertz CT molecular complexity index is 235. The molecule has 4 heteroatoms. The van der Waals surface area contributed by atoms with E-state index in [2.05, 4.69) is 25.4 Å². The lowest BCUT2D eigenvalue weighted by atomic mass is 9.86. The van der Waals surface area contributed by atoms with Crippen LogP contribution in [-0.2, 0) is 4.79 Å². The Kier molecular flexibility index (Phi) is 5.12. The Hall–Kier alpha value is -0.220. The SMILES string of the molecule is CSC(C)(C)CNC(=O)C1CCC(N)CC1. The highest BCUT2D eigenvalue weighted by atomic mass is 32.2. The summed E-state index contributed by atoms with van der Waals surface area (Å²) in [6, 6.07) is 0.312. The van der Waals surface area contributed by atoms with Crippen LogP contribution in [0.1, 0.15) is 39.5 Å². The molecule has 94 valence electrons. The second-order valence-corrected chi connectivity index (χ2v) is 6.81. The molecule has 0 aromatic heterocycles. The van der Waals surface area contributed by atoms with E-state index in [0.29, 0.717) is 6.04 Å². The van der Waals surface area contributed by atoms with Gasteiger partial charge in [0, 0.05) is 23.3 Å². The normalized spacial score (nSPS) is 26.5. The van der Waals surface area contributed by atoms with Gasteiger partial charge in [-0.25, -0.2) is 0 Å². The first-order valence-electron chi connectivity index (χ1n) is 6.03. The van der Waals surface area contributed by atoms with Crippen molar-refractivity contribution in [2.45, 2.75) is 50.3 Å². The standard InChI is InChI=1S/C12H24N2OS/c1-12(2,16-3)8-14-11(15)9-4-6-10(13)7-5-9/h9-10H,4-8,13H2,1-3H3,(H,14,15). The molecule has 0 spiro atoms. The van der Waals surface area contributed by atoms with Crippen molar-refractivity contribution in [1.29, 1.82) is 0 Å². The molecule has 0 bridgehead atoms. The van der Waals surface area contributed by atoms with E-state index < -0.39 is 0 Å². The van der Waals surface area contributed by atoms with Crippen molar-refractivity contribution in [3.63, 3.8) is 0 Å². The highest BCUT2D eigenvalue weighted by Crippen LogP contribution is 2.24. The van der Waals surface area contributed by atoms with Gasteiger partial charge >= 0.3 is 0 Å². The average Bonchev–Trinajstić information content (AvgIpc) is 2.27. The molecule has 0 atom stereocenters. The Morgan fingerprint density at radius 3 is 2.44 bits per heavy atom. The lowest BCUT2D eigenvalue weighted by Crippen LogP contribution is -2.41. The highest BCUT2D eigenvalue weighted by Gasteiger charge is 2.25. The quantitative estimate of drug-likeness (QED) is 0.792. The summed E-state index contributed by atoms with van der Waals surface area (Å²) in [6.45, 7) is 5.04. The number of thioether (sulfide) groups is 1. The first kappa shape index (κ1) is 13.8. The summed E-state index contributed by atoms with van der Waals surface area (Å²) < 4.78 is 0.126. The maximum atomic E-state index is 11.9. The summed E-state index contributed by atoms with van der Waals surface area (Å²) in [5, 5.41) is 3.06. The number of rotatable bonds is 4. The zero-order valence-electron chi connectivity index (χ0n) is 10.6. The summed E-state index contributed by atoms with van der Waals surface area (Å²) >= 11 is 1.78. The molecule has 1 amide bonds. The van der Waals surface area contributed by atoms with Crippen molar-refractivity contribution in [2.75, 3.05) is 12.8 Å². The molecule has 0 saturated heterocycles. The van der Waals surface area contributed by atoms with E-state index >= 15 is 0 Å². The van der Waals surface area contributed by atoms with Crippen LogP contribution < -0.4 is 11.1 Å². The van der Waals surface area contributed by atoms with Crippen LogP contribution in [0.4, 0.5) is 0 Å². The van der Waals surface area contributed by atoms with Gasteiger partial charge in [0.05, 0.1) is 0 Å². The number of nitrogens with two attached hydrogens (primary N) is 1. The van der Waals surface area contributed by atoms with Gasteiger partial charge in [-0.05, 0) is 45.8 Å². The van der Waals surface area contributed by atoms with E-state index in [-0.39, 0.29) is 16.6 Å². The minimum atomic E-state index is 0.126. The first-order chi connectivity index (χ1) is 7.44. The van der Waals surface area contributed by atoms with E-state index in [1.807, 2.05) is 0 Å². The van der Waals surface area contributed by atoms with E-state index in [1.165, 1.54) is 0 Å². The van der Waals surface area contributed by atoms with E-state index in [0.717, 1.165) is 32.2 Å². The fourth-order valence-corrected chi connectivity index (χ4v) is 2.11. The molecule has 1 fully saturated rings. The molecule has 1 saturated carbocycles. The van der Waals surface area contributed by atoms with Crippen molar-refractivity contribution in [1.82, 2.24) is 5.32 Å². The molecular weight excluding hydrogens is 220 g/mol. The van der Waals surface area contributed by atoms with Crippen molar-refractivity contribution in [2.24, 2.45) is 11.7 Å². The lowest BCUT2D eigenvalue weighted by molar-refractivity contribution is -0.126. The molecule has 0 heterocycles. The summed E-state index contributed by atoms with van der Waals surface area (Å²) in [4.78, 5) is 11.9. The van der Waals surface area contributed by atoms with Crippen molar-refractivity contribution < 1.29 is 4.79 Å². The second kappa shape index (κ2) is 5.92. The first-order valence-corrected chi connectivity index (χ1v) is 7.25. The number of nitrogens with one attached hydrogen (secondary N) is 1. The van der Waals surface area contributed by atoms with Gasteiger partial charge in [0.1, 0.15) is 0 Å². The predicted octanol–water partition coefficient (Wildman–Crippen LogP) is 1.76. The van der Waals surface area contributed by atoms with Gasteiger partial charge < -0.3 is 11.1 Å². The third-order valence-electron chi connectivity index (χ3n) is 3.38. The number of carbonyl (C=O) groups excluding carboxylic acids is 1. The van der Waals surface area contributed by atoms with Crippen LogP contribution >= 0.6 is 11.8 Å². The predicted molar refractivity (Wildman–Crippen MR) is 70.5 cm³/mol. The number of carbonyl (C=O) groups is 1.